The van der Waals surface area contributed by atoms with Gasteiger partial charge in [-0.1, -0.05) is 12.1 Å². The summed E-state index contributed by atoms with van der Waals surface area (Å²) in [7, 11) is 0. The Labute approximate surface area is 149 Å². The number of nitrogen functional groups attached to an aromatic ring is 1. The summed E-state index contributed by atoms with van der Waals surface area (Å²) in [6.45, 7) is 1.38. The Morgan fingerprint density at radius 3 is 2.65 bits per heavy atom. The van der Waals surface area contributed by atoms with Crippen molar-refractivity contribution < 1.29 is 9.90 Å². The third-order valence-corrected chi connectivity index (χ3v) is 4.48. The number of aromatic nitrogens is 4. The predicted molar refractivity (Wildman–Crippen MR) is 97.1 cm³/mol. The Hall–Kier alpha value is -3.42. The quantitative estimate of drug-likeness (QED) is 0.741. The number of carbonyl (C=O) groups excluding carboxylic acids is 1. The number of benzene rings is 1. The Balaban J connectivity index is 1.67. The number of anilines is 2. The molecule has 0 atom stereocenters. The minimum atomic E-state index is 0.122. The molecule has 8 heteroatoms. The van der Waals surface area contributed by atoms with Crippen LogP contribution in [0.4, 0.5) is 11.5 Å². The first-order valence-corrected chi connectivity index (χ1v) is 8.35. The zero-order valence-electron chi connectivity index (χ0n) is 14.0. The molecule has 0 amide bonds. The molecule has 3 N–H and O–H groups in total. The number of nitrogens with two attached hydrogens (primary N) is 1. The van der Waals surface area contributed by atoms with Gasteiger partial charge in [0.1, 0.15) is 17.2 Å². The van der Waals surface area contributed by atoms with Crippen molar-refractivity contribution in [3.05, 3.63) is 42.7 Å². The van der Waals surface area contributed by atoms with E-state index >= 15 is 0 Å². The van der Waals surface area contributed by atoms with E-state index in [4.69, 9.17) is 5.73 Å². The smallest absolute Gasteiger partial charge is 0.172 e. The van der Waals surface area contributed by atoms with Crippen LogP contribution in [0.2, 0.25) is 0 Å². The highest BCUT2D eigenvalue weighted by Crippen LogP contribution is 2.29. The minimum Gasteiger partial charge on any atom is -0.507 e. The van der Waals surface area contributed by atoms with Crippen molar-refractivity contribution in [3.8, 4) is 22.7 Å². The lowest BCUT2D eigenvalue weighted by Gasteiger charge is -2.26. The molecular formula is C18H18N6O2. The number of para-hydroxylation sites is 1. The first-order chi connectivity index (χ1) is 12.6. The normalized spacial score (nSPS) is 14.6. The highest BCUT2D eigenvalue weighted by Gasteiger charge is 2.19. The molecule has 0 saturated carbocycles. The molecule has 4 rings (SSSR count). The van der Waals surface area contributed by atoms with Crippen LogP contribution < -0.4 is 10.6 Å². The molecule has 3 aromatic rings. The molecule has 1 aliphatic rings. The van der Waals surface area contributed by atoms with Gasteiger partial charge >= 0.3 is 0 Å². The van der Waals surface area contributed by atoms with Gasteiger partial charge in [0.25, 0.3) is 0 Å². The molecule has 0 unspecified atom stereocenters. The number of hydrogen-bond acceptors (Lipinski definition) is 7. The maximum Gasteiger partial charge on any atom is 0.172 e. The van der Waals surface area contributed by atoms with Gasteiger partial charge in [0.2, 0.25) is 0 Å². The van der Waals surface area contributed by atoms with E-state index in [1.807, 2.05) is 12.3 Å². The summed E-state index contributed by atoms with van der Waals surface area (Å²) in [6, 6.07) is 8.66. The monoisotopic (exact) mass is 350 g/mol. The van der Waals surface area contributed by atoms with Gasteiger partial charge in [0.15, 0.2) is 5.82 Å². The van der Waals surface area contributed by atoms with Crippen molar-refractivity contribution >= 4 is 17.3 Å². The van der Waals surface area contributed by atoms with Gasteiger partial charge in [0.05, 0.1) is 23.8 Å². The number of ketones is 1. The number of rotatable bonds is 3. The third-order valence-electron chi connectivity index (χ3n) is 4.48. The lowest BCUT2D eigenvalue weighted by molar-refractivity contribution is -0.119. The number of piperidine rings is 1. The fourth-order valence-corrected chi connectivity index (χ4v) is 3.02. The lowest BCUT2D eigenvalue weighted by atomic mass is 10.1. The molecular weight excluding hydrogens is 332 g/mol. The second-order valence-electron chi connectivity index (χ2n) is 6.19. The topological polar surface area (TPSA) is 110 Å². The molecule has 3 heterocycles. The van der Waals surface area contributed by atoms with Crippen molar-refractivity contribution in [3.63, 3.8) is 0 Å². The summed E-state index contributed by atoms with van der Waals surface area (Å²) in [5.41, 5.74) is 8.58. The van der Waals surface area contributed by atoms with Crippen LogP contribution in [0.15, 0.2) is 42.7 Å². The Bertz CT molecular complexity index is 958. The Kier molecular flexibility index (Phi) is 4.00. The van der Waals surface area contributed by atoms with Gasteiger partial charge in [-0.2, -0.15) is 5.10 Å². The number of carbonyl (C=O) groups is 1. The molecule has 1 aromatic carbocycles. The zero-order chi connectivity index (χ0) is 18.1. The SMILES string of the molecule is Nc1nnc(-c2ccccc2O)cc1-n1cc(N2CCC(=O)CC2)cn1. The summed E-state index contributed by atoms with van der Waals surface area (Å²) in [6.07, 6.45) is 4.72. The van der Waals surface area contributed by atoms with Gasteiger partial charge in [-0.3, -0.25) is 4.79 Å². The second-order valence-corrected chi connectivity index (χ2v) is 6.19. The van der Waals surface area contributed by atoms with Gasteiger partial charge in [0, 0.05) is 31.5 Å². The molecule has 26 heavy (non-hydrogen) atoms. The van der Waals surface area contributed by atoms with E-state index in [-0.39, 0.29) is 11.6 Å². The third kappa shape index (κ3) is 2.97. The highest BCUT2D eigenvalue weighted by molar-refractivity contribution is 5.81. The summed E-state index contributed by atoms with van der Waals surface area (Å²) < 4.78 is 1.64. The molecule has 8 nitrogen and oxygen atoms in total. The van der Waals surface area contributed by atoms with E-state index in [1.54, 1.807) is 35.1 Å². The zero-order valence-corrected chi connectivity index (χ0v) is 14.0. The van der Waals surface area contributed by atoms with E-state index in [0.717, 1.165) is 5.69 Å². The highest BCUT2D eigenvalue weighted by atomic mass is 16.3. The molecule has 2 aromatic heterocycles. The fourth-order valence-electron chi connectivity index (χ4n) is 3.02. The van der Waals surface area contributed by atoms with Crippen molar-refractivity contribution in [2.75, 3.05) is 23.7 Å². The summed E-state index contributed by atoms with van der Waals surface area (Å²) in [4.78, 5) is 13.5. The first-order valence-electron chi connectivity index (χ1n) is 8.35. The van der Waals surface area contributed by atoms with Crippen molar-refractivity contribution in [2.24, 2.45) is 0 Å². The van der Waals surface area contributed by atoms with Crippen LogP contribution in [0.5, 0.6) is 5.75 Å². The molecule has 0 spiro atoms. The van der Waals surface area contributed by atoms with Crippen LogP contribution in [0.1, 0.15) is 12.8 Å². The van der Waals surface area contributed by atoms with Crippen LogP contribution in [0, 0.1) is 0 Å². The van der Waals surface area contributed by atoms with E-state index in [1.165, 1.54) is 0 Å². The van der Waals surface area contributed by atoms with Gasteiger partial charge < -0.3 is 15.7 Å². The van der Waals surface area contributed by atoms with E-state index in [0.29, 0.717) is 48.7 Å². The lowest BCUT2D eigenvalue weighted by Crippen LogP contribution is -2.33. The van der Waals surface area contributed by atoms with Crippen LogP contribution in [0.3, 0.4) is 0 Å². The van der Waals surface area contributed by atoms with Crippen LogP contribution in [-0.2, 0) is 4.79 Å². The summed E-state index contributed by atoms with van der Waals surface area (Å²) in [5, 5.41) is 22.5. The number of Topliss-reactive ketones (excluding diaryl/α,β-unsaturated/α-hetero) is 1. The molecule has 0 aliphatic carbocycles. The largest absolute Gasteiger partial charge is 0.507 e. The van der Waals surface area contributed by atoms with Gasteiger partial charge in [-0.15, -0.1) is 10.2 Å². The number of phenols is 1. The molecule has 1 saturated heterocycles. The van der Waals surface area contributed by atoms with E-state index < -0.39 is 0 Å². The molecule has 0 radical (unpaired) electrons. The standard InChI is InChI=1S/C18H18N6O2/c19-18-16(9-15(21-22-18)14-3-1-2-4-17(14)26)24-11-12(10-20-24)23-7-5-13(25)6-8-23/h1-4,9-11,26H,5-8H2,(H2,19,22). The summed E-state index contributed by atoms with van der Waals surface area (Å²) >= 11 is 0. The van der Waals surface area contributed by atoms with Crippen LogP contribution in [-0.4, -0.2) is 44.0 Å². The van der Waals surface area contributed by atoms with E-state index in [2.05, 4.69) is 20.2 Å². The fraction of sp³-hybridized carbons (Fsp3) is 0.222. The average molecular weight is 350 g/mol. The average Bonchev–Trinajstić information content (AvgIpc) is 3.13. The number of aromatic hydroxyl groups is 1. The number of hydrogen-bond donors (Lipinski definition) is 2. The van der Waals surface area contributed by atoms with Crippen LogP contribution in [0.25, 0.3) is 16.9 Å². The Morgan fingerprint density at radius 1 is 1.12 bits per heavy atom. The van der Waals surface area contributed by atoms with Crippen molar-refractivity contribution in [2.45, 2.75) is 12.8 Å². The predicted octanol–water partition coefficient (Wildman–Crippen LogP) is 1.79. The number of phenolic OH excluding ortho intramolecular Hbond substituents is 1. The maximum absolute atomic E-state index is 11.4. The molecule has 132 valence electrons. The van der Waals surface area contributed by atoms with Gasteiger partial charge in [-0.25, -0.2) is 4.68 Å². The minimum absolute atomic E-state index is 0.122. The summed E-state index contributed by atoms with van der Waals surface area (Å²) in [5.74, 6) is 0.660. The molecule has 1 aliphatic heterocycles. The van der Waals surface area contributed by atoms with Crippen molar-refractivity contribution in [1.82, 2.24) is 20.0 Å². The van der Waals surface area contributed by atoms with Gasteiger partial charge in [-0.05, 0) is 18.2 Å². The van der Waals surface area contributed by atoms with Crippen molar-refractivity contribution in [1.29, 1.82) is 0 Å². The second kappa shape index (κ2) is 6.47. The van der Waals surface area contributed by atoms with Crippen LogP contribution >= 0.6 is 0 Å². The molecule has 1 fully saturated rings. The maximum atomic E-state index is 11.4. The molecule has 0 bridgehead atoms. The Morgan fingerprint density at radius 2 is 1.88 bits per heavy atom. The van der Waals surface area contributed by atoms with E-state index in [9.17, 15) is 9.90 Å². The number of nitrogens with zero attached hydrogens (tertiary/aromatic N) is 5. The first kappa shape index (κ1) is 16.1.